The zero-order valence-corrected chi connectivity index (χ0v) is 18.8. The van der Waals surface area contributed by atoms with E-state index in [9.17, 15) is 24.8 Å². The monoisotopic (exact) mass is 455 g/mol. The third-order valence-corrected chi connectivity index (χ3v) is 5.38. The number of non-ortho nitro benzene ring substituents is 1. The molecule has 2 aromatic rings. The number of carbonyl (C=O) groups is 2. The Morgan fingerprint density at radius 3 is 2.42 bits per heavy atom. The van der Waals surface area contributed by atoms with Gasteiger partial charge in [0.2, 0.25) is 0 Å². The summed E-state index contributed by atoms with van der Waals surface area (Å²) in [4.78, 5) is 39.9. The molecule has 0 bridgehead atoms. The summed E-state index contributed by atoms with van der Waals surface area (Å²) in [6, 6.07) is 9.31. The van der Waals surface area contributed by atoms with Crippen LogP contribution in [0, 0.1) is 10.1 Å². The Labute approximate surface area is 190 Å². The van der Waals surface area contributed by atoms with Crippen molar-refractivity contribution < 1.29 is 29.1 Å². The van der Waals surface area contributed by atoms with Crippen molar-refractivity contribution in [1.82, 2.24) is 9.80 Å². The van der Waals surface area contributed by atoms with Gasteiger partial charge in [-0.2, -0.15) is 0 Å². The number of nitro groups is 1. The number of ether oxygens (including phenoxy) is 2. The number of Topliss-reactive ketones (excluding diaryl/α,β-unsaturated/α-hetero) is 1. The number of amides is 1. The number of likely N-dealkylation sites (tertiary alicyclic amines) is 1. The van der Waals surface area contributed by atoms with Crippen LogP contribution in [0.5, 0.6) is 11.5 Å². The smallest absolute Gasteiger partial charge is 0.295 e. The van der Waals surface area contributed by atoms with Crippen molar-refractivity contribution in [2.75, 3.05) is 41.4 Å². The first-order valence-corrected chi connectivity index (χ1v) is 10.1. The Morgan fingerprint density at radius 1 is 1.12 bits per heavy atom. The van der Waals surface area contributed by atoms with Crippen molar-refractivity contribution >= 4 is 23.1 Å². The molecule has 2 aromatic carbocycles. The van der Waals surface area contributed by atoms with Crippen molar-refractivity contribution in [2.24, 2.45) is 0 Å². The van der Waals surface area contributed by atoms with Crippen molar-refractivity contribution in [3.63, 3.8) is 0 Å². The highest BCUT2D eigenvalue weighted by Gasteiger charge is 2.46. The van der Waals surface area contributed by atoms with Crippen molar-refractivity contribution in [3.05, 3.63) is 69.3 Å². The molecule has 0 unspecified atom stereocenters. The van der Waals surface area contributed by atoms with Gasteiger partial charge in [-0.15, -0.1) is 0 Å². The van der Waals surface area contributed by atoms with Crippen LogP contribution in [-0.4, -0.2) is 72.9 Å². The number of methoxy groups -OCH3 is 2. The summed E-state index contributed by atoms with van der Waals surface area (Å²) < 4.78 is 10.5. The number of hydrogen-bond acceptors (Lipinski definition) is 8. The number of carbonyl (C=O) groups excluding carboxylic acids is 2. The molecule has 0 aliphatic carbocycles. The summed E-state index contributed by atoms with van der Waals surface area (Å²) in [5.74, 6) is -1.29. The van der Waals surface area contributed by atoms with E-state index in [1.165, 1.54) is 49.5 Å². The zero-order valence-electron chi connectivity index (χ0n) is 18.8. The van der Waals surface area contributed by atoms with E-state index in [0.717, 1.165) is 0 Å². The fourth-order valence-electron chi connectivity index (χ4n) is 3.71. The first-order chi connectivity index (χ1) is 15.7. The highest BCUT2D eigenvalue weighted by molar-refractivity contribution is 6.46. The van der Waals surface area contributed by atoms with E-state index in [4.69, 9.17) is 9.47 Å². The lowest BCUT2D eigenvalue weighted by Crippen LogP contribution is -2.35. The van der Waals surface area contributed by atoms with Crippen molar-refractivity contribution in [1.29, 1.82) is 0 Å². The molecule has 1 aliphatic rings. The van der Waals surface area contributed by atoms with E-state index in [2.05, 4.69) is 0 Å². The maximum atomic E-state index is 13.0. The number of hydrogen-bond donors (Lipinski definition) is 1. The van der Waals surface area contributed by atoms with Gasteiger partial charge in [0, 0.05) is 30.8 Å². The van der Waals surface area contributed by atoms with E-state index >= 15 is 0 Å². The molecular formula is C23H25N3O7. The molecule has 1 atom stereocenters. The summed E-state index contributed by atoms with van der Waals surface area (Å²) in [6.45, 7) is 0.641. The molecule has 1 heterocycles. The predicted octanol–water partition coefficient (Wildman–Crippen LogP) is 2.60. The van der Waals surface area contributed by atoms with Crippen LogP contribution in [0.2, 0.25) is 0 Å². The van der Waals surface area contributed by atoms with Gasteiger partial charge in [0.1, 0.15) is 5.76 Å². The average Bonchev–Trinajstić information content (AvgIpc) is 3.06. The second-order valence-electron chi connectivity index (χ2n) is 7.72. The van der Waals surface area contributed by atoms with Gasteiger partial charge in [0.25, 0.3) is 17.4 Å². The summed E-state index contributed by atoms with van der Waals surface area (Å²) >= 11 is 0. The molecule has 0 aromatic heterocycles. The molecule has 1 aliphatic heterocycles. The minimum atomic E-state index is -0.988. The number of benzene rings is 2. The molecule has 0 spiro atoms. The van der Waals surface area contributed by atoms with Gasteiger partial charge in [0.05, 0.1) is 30.8 Å². The number of aliphatic hydroxyl groups is 1. The Bertz CT molecular complexity index is 1130. The van der Waals surface area contributed by atoms with Crippen LogP contribution in [0.15, 0.2) is 48.0 Å². The maximum Gasteiger partial charge on any atom is 0.295 e. The Kier molecular flexibility index (Phi) is 6.98. The first kappa shape index (κ1) is 23.7. The standard InChI is InChI=1S/C23H25N3O7/c1-24(2)10-11-25-20(14-6-5-7-16(12-14)26(30)31)19(22(28)23(25)29)21(27)15-8-9-17(32-3)18(13-15)33-4/h5-9,12-13,20,27H,10-11H2,1-4H3/b21-19+/t20-/m0/s1. The van der Waals surface area contributed by atoms with E-state index in [1.807, 2.05) is 19.0 Å². The van der Waals surface area contributed by atoms with Gasteiger partial charge < -0.3 is 24.4 Å². The van der Waals surface area contributed by atoms with E-state index in [0.29, 0.717) is 23.6 Å². The quantitative estimate of drug-likeness (QED) is 0.212. The molecule has 3 rings (SSSR count). The van der Waals surface area contributed by atoms with Gasteiger partial charge in [-0.25, -0.2) is 0 Å². The summed E-state index contributed by atoms with van der Waals surface area (Å²) in [7, 11) is 6.55. The number of nitro benzene ring substituents is 1. The summed E-state index contributed by atoms with van der Waals surface area (Å²) in [6.07, 6.45) is 0. The molecule has 1 fully saturated rings. The van der Waals surface area contributed by atoms with Crippen molar-refractivity contribution in [2.45, 2.75) is 6.04 Å². The number of rotatable bonds is 8. The van der Waals surface area contributed by atoms with E-state index in [1.54, 1.807) is 12.1 Å². The molecule has 1 saturated heterocycles. The Hall–Kier alpha value is -3.92. The predicted molar refractivity (Wildman–Crippen MR) is 120 cm³/mol. The topological polar surface area (TPSA) is 122 Å². The number of aliphatic hydroxyl groups excluding tert-OH is 1. The Balaban J connectivity index is 2.20. The summed E-state index contributed by atoms with van der Waals surface area (Å²) in [5, 5.41) is 22.5. The molecule has 10 nitrogen and oxygen atoms in total. The lowest BCUT2D eigenvalue weighted by molar-refractivity contribution is -0.384. The molecular weight excluding hydrogens is 430 g/mol. The lowest BCUT2D eigenvalue weighted by atomic mass is 9.95. The van der Waals surface area contributed by atoms with Gasteiger partial charge in [0.15, 0.2) is 11.5 Å². The summed E-state index contributed by atoms with van der Waals surface area (Å²) in [5.41, 5.74) is 0.265. The largest absolute Gasteiger partial charge is 0.507 e. The van der Waals surface area contributed by atoms with Gasteiger partial charge >= 0.3 is 0 Å². The fourth-order valence-corrected chi connectivity index (χ4v) is 3.71. The molecule has 33 heavy (non-hydrogen) atoms. The molecule has 174 valence electrons. The van der Waals surface area contributed by atoms with Crippen molar-refractivity contribution in [3.8, 4) is 11.5 Å². The van der Waals surface area contributed by atoms with Crippen LogP contribution in [0.1, 0.15) is 17.2 Å². The Morgan fingerprint density at radius 2 is 1.82 bits per heavy atom. The van der Waals surface area contributed by atoms with Crippen LogP contribution in [0.3, 0.4) is 0 Å². The van der Waals surface area contributed by atoms with Gasteiger partial charge in [-0.05, 0) is 37.9 Å². The second-order valence-corrected chi connectivity index (χ2v) is 7.72. The normalized spacial score (nSPS) is 17.5. The van der Waals surface area contributed by atoms with Crippen LogP contribution in [0.25, 0.3) is 5.76 Å². The third kappa shape index (κ3) is 4.65. The number of ketones is 1. The number of likely N-dealkylation sites (N-methyl/N-ethyl adjacent to an activating group) is 1. The van der Waals surface area contributed by atoms with Gasteiger partial charge in [-0.1, -0.05) is 12.1 Å². The van der Waals surface area contributed by atoms with Crippen LogP contribution in [-0.2, 0) is 9.59 Å². The highest BCUT2D eigenvalue weighted by Crippen LogP contribution is 2.41. The van der Waals surface area contributed by atoms with E-state index in [-0.39, 0.29) is 23.4 Å². The molecule has 1 N–H and O–H groups in total. The minimum absolute atomic E-state index is 0.147. The maximum absolute atomic E-state index is 13.0. The first-order valence-electron chi connectivity index (χ1n) is 10.1. The third-order valence-electron chi connectivity index (χ3n) is 5.38. The van der Waals surface area contributed by atoms with Crippen LogP contribution >= 0.6 is 0 Å². The highest BCUT2D eigenvalue weighted by atomic mass is 16.6. The fraction of sp³-hybridized carbons (Fsp3) is 0.304. The molecule has 10 heteroatoms. The van der Waals surface area contributed by atoms with Crippen LogP contribution < -0.4 is 9.47 Å². The lowest BCUT2D eigenvalue weighted by Gasteiger charge is -2.26. The number of nitrogens with zero attached hydrogens (tertiary/aromatic N) is 3. The molecule has 0 radical (unpaired) electrons. The molecule has 0 saturated carbocycles. The zero-order chi connectivity index (χ0) is 24.3. The van der Waals surface area contributed by atoms with Gasteiger partial charge in [-0.3, -0.25) is 19.7 Å². The van der Waals surface area contributed by atoms with E-state index < -0.39 is 28.4 Å². The SMILES string of the molecule is COc1ccc(/C(O)=C2\C(=O)C(=O)N(CCN(C)C)[C@H]2c2cccc([N+](=O)[O-])c2)cc1OC. The minimum Gasteiger partial charge on any atom is -0.507 e. The van der Waals surface area contributed by atoms with Crippen LogP contribution in [0.4, 0.5) is 5.69 Å². The molecule has 1 amide bonds. The average molecular weight is 455 g/mol. The second kappa shape index (κ2) is 9.70.